The highest BCUT2D eigenvalue weighted by Gasteiger charge is 2.35. The zero-order valence-electron chi connectivity index (χ0n) is 9.85. The summed E-state index contributed by atoms with van der Waals surface area (Å²) in [7, 11) is 0. The molecule has 1 aromatic carbocycles. The summed E-state index contributed by atoms with van der Waals surface area (Å²) in [6.45, 7) is 2.23. The number of anilines is 2. The molecule has 0 aliphatic heterocycles. The summed E-state index contributed by atoms with van der Waals surface area (Å²) in [5, 5.41) is 4.53. The predicted molar refractivity (Wildman–Crippen MR) is 69.8 cm³/mol. The second-order valence-electron chi connectivity index (χ2n) is 4.65. The van der Waals surface area contributed by atoms with E-state index in [-0.39, 0.29) is 0 Å². The van der Waals surface area contributed by atoms with Crippen LogP contribution in [0.3, 0.4) is 0 Å². The van der Waals surface area contributed by atoms with Crippen molar-refractivity contribution in [3.63, 3.8) is 0 Å². The van der Waals surface area contributed by atoms with Gasteiger partial charge in [-0.1, -0.05) is 13.3 Å². The summed E-state index contributed by atoms with van der Waals surface area (Å²) in [6, 6.07) is 6.33. The number of nitrogens with two attached hydrogens (primary N) is 1. The summed E-state index contributed by atoms with van der Waals surface area (Å²) < 4.78 is 0. The molecule has 0 spiro atoms. The van der Waals surface area contributed by atoms with E-state index in [0.29, 0.717) is 6.04 Å². The molecule has 1 saturated carbocycles. The molecule has 2 unspecified atom stereocenters. The van der Waals surface area contributed by atoms with E-state index in [9.17, 15) is 0 Å². The van der Waals surface area contributed by atoms with Gasteiger partial charge in [-0.15, -0.1) is 0 Å². The van der Waals surface area contributed by atoms with Gasteiger partial charge in [0.25, 0.3) is 0 Å². The Bertz CT molecular complexity index is 552. The molecular weight excluding hydrogens is 212 g/mol. The Morgan fingerprint density at radius 3 is 3.06 bits per heavy atom. The maximum atomic E-state index is 5.75. The van der Waals surface area contributed by atoms with Crippen LogP contribution in [-0.4, -0.2) is 16.0 Å². The van der Waals surface area contributed by atoms with Crippen molar-refractivity contribution in [3.05, 3.63) is 24.5 Å². The molecule has 1 aromatic heterocycles. The van der Waals surface area contributed by atoms with Gasteiger partial charge in [0.15, 0.2) is 0 Å². The fraction of sp³-hybridized carbons (Fsp3) is 0.385. The van der Waals surface area contributed by atoms with Crippen LogP contribution in [0.4, 0.5) is 11.5 Å². The maximum Gasteiger partial charge on any atom is 0.137 e. The van der Waals surface area contributed by atoms with Crippen molar-refractivity contribution in [3.8, 4) is 0 Å². The van der Waals surface area contributed by atoms with Gasteiger partial charge in [-0.2, -0.15) is 0 Å². The van der Waals surface area contributed by atoms with E-state index in [1.807, 2.05) is 18.2 Å². The second kappa shape index (κ2) is 3.87. The molecule has 4 heteroatoms. The molecule has 0 bridgehead atoms. The molecule has 17 heavy (non-hydrogen) atoms. The second-order valence-corrected chi connectivity index (χ2v) is 4.65. The topological polar surface area (TPSA) is 63.8 Å². The van der Waals surface area contributed by atoms with Crippen molar-refractivity contribution in [2.45, 2.75) is 25.8 Å². The van der Waals surface area contributed by atoms with Crippen LogP contribution >= 0.6 is 0 Å². The van der Waals surface area contributed by atoms with E-state index >= 15 is 0 Å². The Morgan fingerprint density at radius 2 is 2.29 bits per heavy atom. The van der Waals surface area contributed by atoms with Crippen LogP contribution in [0.2, 0.25) is 0 Å². The Labute approximate surface area is 100 Å². The number of nitrogens with zero attached hydrogens (tertiary/aromatic N) is 2. The molecule has 1 heterocycles. The number of benzene rings is 1. The molecule has 2 atom stereocenters. The number of hydrogen-bond donors (Lipinski definition) is 2. The lowest BCUT2D eigenvalue weighted by atomic mass is 10.2. The number of nitrogens with one attached hydrogen (secondary N) is 1. The molecule has 1 aliphatic carbocycles. The third-order valence-corrected chi connectivity index (χ3v) is 3.43. The number of nitrogen functional groups attached to an aromatic ring is 1. The van der Waals surface area contributed by atoms with Gasteiger partial charge in [0.05, 0.1) is 5.52 Å². The molecule has 0 amide bonds. The molecule has 2 aromatic rings. The van der Waals surface area contributed by atoms with E-state index in [2.05, 4.69) is 22.2 Å². The zero-order valence-corrected chi connectivity index (χ0v) is 9.85. The van der Waals surface area contributed by atoms with Crippen LogP contribution in [0.1, 0.15) is 19.8 Å². The monoisotopic (exact) mass is 228 g/mol. The van der Waals surface area contributed by atoms with E-state index in [0.717, 1.165) is 28.3 Å². The fourth-order valence-corrected chi connectivity index (χ4v) is 2.24. The predicted octanol–water partition coefficient (Wildman–Crippen LogP) is 2.42. The molecule has 88 valence electrons. The molecule has 1 aliphatic rings. The zero-order chi connectivity index (χ0) is 11.8. The first-order valence-corrected chi connectivity index (χ1v) is 6.04. The van der Waals surface area contributed by atoms with Crippen molar-refractivity contribution >= 4 is 22.4 Å². The first-order valence-electron chi connectivity index (χ1n) is 6.04. The normalized spacial score (nSPS) is 22.6. The molecule has 3 N–H and O–H groups in total. The lowest BCUT2D eigenvalue weighted by molar-refractivity contribution is 0.773. The van der Waals surface area contributed by atoms with Crippen LogP contribution < -0.4 is 11.1 Å². The van der Waals surface area contributed by atoms with Gasteiger partial charge in [-0.3, -0.25) is 0 Å². The van der Waals surface area contributed by atoms with E-state index < -0.39 is 0 Å². The maximum absolute atomic E-state index is 5.75. The Balaban J connectivity index is 1.94. The summed E-state index contributed by atoms with van der Waals surface area (Å²) in [5.74, 6) is 1.73. The SMILES string of the molecule is CCC1CC1Nc1ncnc2cc(N)ccc12. The van der Waals surface area contributed by atoms with Gasteiger partial charge in [0.2, 0.25) is 0 Å². The van der Waals surface area contributed by atoms with E-state index in [1.54, 1.807) is 6.33 Å². The highest BCUT2D eigenvalue weighted by Crippen LogP contribution is 2.36. The van der Waals surface area contributed by atoms with Gasteiger partial charge in [0, 0.05) is 17.1 Å². The lowest BCUT2D eigenvalue weighted by Crippen LogP contribution is -2.06. The first kappa shape index (κ1) is 10.3. The summed E-state index contributed by atoms with van der Waals surface area (Å²) in [4.78, 5) is 8.56. The molecule has 4 nitrogen and oxygen atoms in total. The standard InChI is InChI=1S/C13H16N4/c1-2-8-5-11(8)17-13-10-4-3-9(14)6-12(10)15-7-16-13/h3-4,6-8,11H,2,5,14H2,1H3,(H,15,16,17). The van der Waals surface area contributed by atoms with Gasteiger partial charge < -0.3 is 11.1 Å². The smallest absolute Gasteiger partial charge is 0.137 e. The fourth-order valence-electron chi connectivity index (χ4n) is 2.24. The van der Waals surface area contributed by atoms with Crippen molar-refractivity contribution in [1.82, 2.24) is 9.97 Å². The largest absolute Gasteiger partial charge is 0.399 e. The van der Waals surface area contributed by atoms with Crippen LogP contribution in [0.5, 0.6) is 0 Å². The molecule has 1 fully saturated rings. The third-order valence-electron chi connectivity index (χ3n) is 3.43. The molecule has 3 rings (SSSR count). The summed E-state index contributed by atoms with van der Waals surface area (Å²) in [6.07, 6.45) is 4.07. The third kappa shape index (κ3) is 1.90. The minimum absolute atomic E-state index is 0.579. The quantitative estimate of drug-likeness (QED) is 0.792. The van der Waals surface area contributed by atoms with Crippen molar-refractivity contribution < 1.29 is 0 Å². The minimum atomic E-state index is 0.579. The van der Waals surface area contributed by atoms with Gasteiger partial charge in [-0.25, -0.2) is 9.97 Å². The molecular formula is C13H16N4. The lowest BCUT2D eigenvalue weighted by Gasteiger charge is -2.07. The van der Waals surface area contributed by atoms with Gasteiger partial charge in [-0.05, 0) is 30.5 Å². The Hall–Kier alpha value is -1.84. The average molecular weight is 228 g/mol. The van der Waals surface area contributed by atoms with Crippen molar-refractivity contribution in [2.75, 3.05) is 11.1 Å². The van der Waals surface area contributed by atoms with Crippen LogP contribution in [-0.2, 0) is 0 Å². The van der Waals surface area contributed by atoms with Gasteiger partial charge >= 0.3 is 0 Å². The Morgan fingerprint density at radius 1 is 1.41 bits per heavy atom. The molecule has 0 saturated heterocycles. The average Bonchev–Trinajstić information content (AvgIpc) is 3.07. The highest BCUT2D eigenvalue weighted by molar-refractivity contribution is 5.90. The van der Waals surface area contributed by atoms with Crippen LogP contribution in [0, 0.1) is 5.92 Å². The van der Waals surface area contributed by atoms with Crippen molar-refractivity contribution in [2.24, 2.45) is 5.92 Å². The minimum Gasteiger partial charge on any atom is -0.399 e. The summed E-state index contributed by atoms with van der Waals surface area (Å²) >= 11 is 0. The molecule has 0 radical (unpaired) electrons. The first-order chi connectivity index (χ1) is 8.28. The highest BCUT2D eigenvalue weighted by atomic mass is 15.1. The van der Waals surface area contributed by atoms with Crippen molar-refractivity contribution in [1.29, 1.82) is 0 Å². The van der Waals surface area contributed by atoms with Crippen LogP contribution in [0.15, 0.2) is 24.5 Å². The van der Waals surface area contributed by atoms with E-state index in [4.69, 9.17) is 5.73 Å². The number of fused-ring (bicyclic) bond motifs is 1. The number of hydrogen-bond acceptors (Lipinski definition) is 4. The number of rotatable bonds is 3. The summed E-state index contributed by atoms with van der Waals surface area (Å²) in [5.41, 5.74) is 7.39. The van der Waals surface area contributed by atoms with E-state index in [1.165, 1.54) is 12.8 Å². The van der Waals surface area contributed by atoms with Gasteiger partial charge in [0.1, 0.15) is 12.1 Å². The number of aromatic nitrogens is 2. The Kier molecular flexibility index (Phi) is 2.35. The van der Waals surface area contributed by atoms with Crippen LogP contribution in [0.25, 0.3) is 10.9 Å².